The van der Waals surface area contributed by atoms with Gasteiger partial charge in [0.05, 0.1) is 6.61 Å². The molecule has 0 saturated carbocycles. The average molecular weight is 187 g/mol. The molecule has 2 rings (SSSR count). The minimum Gasteiger partial charge on any atom is -0.380 e. The highest BCUT2D eigenvalue weighted by Crippen LogP contribution is 2.24. The van der Waals surface area contributed by atoms with Crippen LogP contribution in [0.25, 0.3) is 0 Å². The second kappa shape index (κ2) is 3.99. The van der Waals surface area contributed by atoms with E-state index in [-0.39, 0.29) is 0 Å². The molecule has 12 heavy (non-hydrogen) atoms. The van der Waals surface area contributed by atoms with Crippen molar-refractivity contribution in [1.82, 2.24) is 4.90 Å². The summed E-state index contributed by atoms with van der Waals surface area (Å²) in [7, 11) is 0. The summed E-state index contributed by atoms with van der Waals surface area (Å²) < 4.78 is 5.39. The zero-order valence-corrected chi connectivity index (χ0v) is 8.48. The first-order chi connectivity index (χ1) is 5.90. The predicted molar refractivity (Wildman–Crippen MR) is 52.7 cm³/mol. The second-order valence-electron chi connectivity index (χ2n) is 3.66. The first kappa shape index (κ1) is 8.85. The fraction of sp³-hybridized carbons (Fsp3) is 1.00. The SMILES string of the molecule is CS[C@@H]1CCN([C@H]2CCOC2)C1. The van der Waals surface area contributed by atoms with Crippen molar-refractivity contribution in [3.63, 3.8) is 0 Å². The van der Waals surface area contributed by atoms with Crippen molar-refractivity contribution in [1.29, 1.82) is 0 Å². The van der Waals surface area contributed by atoms with E-state index >= 15 is 0 Å². The van der Waals surface area contributed by atoms with Crippen LogP contribution >= 0.6 is 11.8 Å². The standard InChI is InChI=1S/C9H17NOS/c1-12-9-2-4-10(6-9)8-3-5-11-7-8/h8-9H,2-7H2,1H3/t8-,9+/m0/s1. The van der Waals surface area contributed by atoms with Crippen LogP contribution in [-0.4, -0.2) is 48.8 Å². The number of nitrogens with zero attached hydrogens (tertiary/aromatic N) is 1. The lowest BCUT2D eigenvalue weighted by molar-refractivity contribution is 0.159. The third kappa shape index (κ3) is 1.78. The summed E-state index contributed by atoms with van der Waals surface area (Å²) in [4.78, 5) is 2.61. The summed E-state index contributed by atoms with van der Waals surface area (Å²) >= 11 is 2.01. The molecule has 2 fully saturated rings. The summed E-state index contributed by atoms with van der Waals surface area (Å²) in [5.41, 5.74) is 0. The highest BCUT2D eigenvalue weighted by Gasteiger charge is 2.29. The fourth-order valence-electron chi connectivity index (χ4n) is 2.09. The average Bonchev–Trinajstić information content (AvgIpc) is 2.75. The Balaban J connectivity index is 1.81. The predicted octanol–water partition coefficient (Wildman–Crippen LogP) is 1.21. The molecule has 2 aliphatic heterocycles. The van der Waals surface area contributed by atoms with Crippen molar-refractivity contribution in [2.24, 2.45) is 0 Å². The lowest BCUT2D eigenvalue weighted by Gasteiger charge is -2.21. The molecule has 0 unspecified atom stereocenters. The molecule has 0 aliphatic carbocycles. The van der Waals surface area contributed by atoms with E-state index in [1.165, 1.54) is 25.9 Å². The van der Waals surface area contributed by atoms with E-state index < -0.39 is 0 Å². The molecule has 0 N–H and O–H groups in total. The van der Waals surface area contributed by atoms with Gasteiger partial charge in [-0.25, -0.2) is 0 Å². The van der Waals surface area contributed by atoms with Crippen LogP contribution in [0, 0.1) is 0 Å². The molecule has 2 saturated heterocycles. The molecule has 70 valence electrons. The van der Waals surface area contributed by atoms with E-state index in [4.69, 9.17) is 4.74 Å². The maximum Gasteiger partial charge on any atom is 0.0622 e. The molecule has 0 aromatic rings. The quantitative estimate of drug-likeness (QED) is 0.645. The van der Waals surface area contributed by atoms with E-state index in [2.05, 4.69) is 11.2 Å². The molecular weight excluding hydrogens is 170 g/mol. The number of ether oxygens (including phenoxy) is 1. The van der Waals surface area contributed by atoms with E-state index in [1.54, 1.807) is 0 Å². The molecule has 0 spiro atoms. The van der Waals surface area contributed by atoms with E-state index in [0.29, 0.717) is 0 Å². The molecule has 2 aliphatic rings. The van der Waals surface area contributed by atoms with Gasteiger partial charge >= 0.3 is 0 Å². The van der Waals surface area contributed by atoms with Gasteiger partial charge in [0.1, 0.15) is 0 Å². The summed E-state index contributed by atoms with van der Waals surface area (Å²) in [6.45, 7) is 4.53. The van der Waals surface area contributed by atoms with Crippen molar-refractivity contribution in [3.05, 3.63) is 0 Å². The Labute approximate surface area is 78.6 Å². The smallest absolute Gasteiger partial charge is 0.0622 e. The third-order valence-corrected chi connectivity index (χ3v) is 3.98. The van der Waals surface area contributed by atoms with Gasteiger partial charge in [0.2, 0.25) is 0 Å². The highest BCUT2D eigenvalue weighted by atomic mass is 32.2. The van der Waals surface area contributed by atoms with Crippen molar-refractivity contribution in [3.8, 4) is 0 Å². The van der Waals surface area contributed by atoms with Crippen LogP contribution < -0.4 is 0 Å². The summed E-state index contributed by atoms with van der Waals surface area (Å²) in [6, 6.07) is 0.738. The van der Waals surface area contributed by atoms with Gasteiger partial charge in [-0.3, -0.25) is 4.90 Å². The van der Waals surface area contributed by atoms with Crippen LogP contribution in [0.4, 0.5) is 0 Å². The van der Waals surface area contributed by atoms with Gasteiger partial charge in [0.25, 0.3) is 0 Å². The molecular formula is C9H17NOS. The van der Waals surface area contributed by atoms with Gasteiger partial charge in [-0.2, -0.15) is 11.8 Å². The van der Waals surface area contributed by atoms with Crippen molar-refractivity contribution in [2.45, 2.75) is 24.1 Å². The van der Waals surface area contributed by atoms with E-state index in [9.17, 15) is 0 Å². The monoisotopic (exact) mass is 187 g/mol. The third-order valence-electron chi connectivity index (χ3n) is 2.93. The number of thioether (sulfide) groups is 1. The Morgan fingerprint density at radius 2 is 2.33 bits per heavy atom. The first-order valence-corrected chi connectivity index (χ1v) is 6.03. The lowest BCUT2D eigenvalue weighted by Crippen LogP contribution is -2.33. The van der Waals surface area contributed by atoms with Crippen LogP contribution in [0.1, 0.15) is 12.8 Å². The Morgan fingerprint density at radius 3 is 2.92 bits per heavy atom. The van der Waals surface area contributed by atoms with Gasteiger partial charge in [0.15, 0.2) is 0 Å². The Bertz CT molecular complexity index is 147. The fourth-order valence-corrected chi connectivity index (χ4v) is 2.77. The molecule has 3 heteroatoms. The molecule has 2 heterocycles. The van der Waals surface area contributed by atoms with Crippen LogP contribution in [-0.2, 0) is 4.74 Å². The summed E-state index contributed by atoms with van der Waals surface area (Å²) in [5.74, 6) is 0. The van der Waals surface area contributed by atoms with Gasteiger partial charge < -0.3 is 4.74 Å². The number of likely N-dealkylation sites (tertiary alicyclic amines) is 1. The van der Waals surface area contributed by atoms with Gasteiger partial charge in [0, 0.05) is 24.4 Å². The topological polar surface area (TPSA) is 12.5 Å². The number of hydrogen-bond acceptors (Lipinski definition) is 3. The minimum absolute atomic E-state index is 0.738. The van der Waals surface area contributed by atoms with Crippen LogP contribution in [0.15, 0.2) is 0 Å². The first-order valence-electron chi connectivity index (χ1n) is 4.74. The van der Waals surface area contributed by atoms with Gasteiger partial charge in [-0.05, 0) is 25.6 Å². The molecule has 0 aromatic heterocycles. The summed E-state index contributed by atoms with van der Waals surface area (Å²) in [5, 5.41) is 0.880. The Morgan fingerprint density at radius 1 is 1.42 bits per heavy atom. The van der Waals surface area contributed by atoms with Crippen molar-refractivity contribution < 1.29 is 4.74 Å². The largest absolute Gasteiger partial charge is 0.380 e. The normalized spacial score (nSPS) is 37.8. The molecule has 0 radical (unpaired) electrons. The molecule has 0 bridgehead atoms. The van der Waals surface area contributed by atoms with Gasteiger partial charge in [-0.1, -0.05) is 0 Å². The highest BCUT2D eigenvalue weighted by molar-refractivity contribution is 7.99. The zero-order chi connectivity index (χ0) is 8.39. The zero-order valence-electron chi connectivity index (χ0n) is 7.66. The number of hydrogen-bond donors (Lipinski definition) is 0. The van der Waals surface area contributed by atoms with Crippen molar-refractivity contribution >= 4 is 11.8 Å². The lowest BCUT2D eigenvalue weighted by atomic mass is 10.2. The summed E-state index contributed by atoms with van der Waals surface area (Å²) in [6.07, 6.45) is 4.85. The van der Waals surface area contributed by atoms with E-state index in [0.717, 1.165) is 24.5 Å². The molecule has 0 aromatic carbocycles. The van der Waals surface area contributed by atoms with Gasteiger partial charge in [-0.15, -0.1) is 0 Å². The Kier molecular flexibility index (Phi) is 2.94. The Hall–Kier alpha value is 0.270. The second-order valence-corrected chi connectivity index (χ2v) is 4.80. The molecule has 2 nitrogen and oxygen atoms in total. The minimum atomic E-state index is 0.738. The van der Waals surface area contributed by atoms with Crippen LogP contribution in [0.2, 0.25) is 0 Å². The van der Waals surface area contributed by atoms with Crippen LogP contribution in [0.5, 0.6) is 0 Å². The molecule has 2 atom stereocenters. The number of rotatable bonds is 2. The maximum atomic E-state index is 5.39. The van der Waals surface area contributed by atoms with Crippen LogP contribution in [0.3, 0.4) is 0 Å². The molecule has 0 amide bonds. The maximum absolute atomic E-state index is 5.39. The van der Waals surface area contributed by atoms with Crippen molar-refractivity contribution in [2.75, 3.05) is 32.6 Å². The van der Waals surface area contributed by atoms with E-state index in [1.807, 2.05) is 11.8 Å².